The topological polar surface area (TPSA) is 62.6 Å². The van der Waals surface area contributed by atoms with Gasteiger partial charge in [-0.25, -0.2) is 0 Å². The third-order valence-electron chi connectivity index (χ3n) is 3.74. The summed E-state index contributed by atoms with van der Waals surface area (Å²) in [6.07, 6.45) is 0. The van der Waals surface area contributed by atoms with E-state index in [9.17, 15) is 9.59 Å². The summed E-state index contributed by atoms with van der Waals surface area (Å²) in [4.78, 5) is 25.8. The monoisotopic (exact) mass is 356 g/mol. The molecule has 2 amide bonds. The molecule has 5 nitrogen and oxygen atoms in total. The van der Waals surface area contributed by atoms with Crippen LogP contribution in [0.5, 0.6) is 0 Å². The van der Waals surface area contributed by atoms with Crippen molar-refractivity contribution >= 4 is 34.4 Å². The Hall–Kier alpha value is -2.79. The number of nitrogens with one attached hydrogen (secondary N) is 1. The number of carbonyl (C=O) groups is 2. The lowest BCUT2D eigenvalue weighted by molar-refractivity contribution is 0.0827. The Labute approximate surface area is 150 Å². The highest BCUT2D eigenvalue weighted by Crippen LogP contribution is 2.23. The number of hydrogen-bond donors (Lipinski definition) is 1. The van der Waals surface area contributed by atoms with Gasteiger partial charge in [-0.2, -0.15) is 0 Å². The summed E-state index contributed by atoms with van der Waals surface area (Å²) in [6.45, 7) is 0.297. The van der Waals surface area contributed by atoms with E-state index in [0.717, 1.165) is 10.9 Å². The van der Waals surface area contributed by atoms with Crippen LogP contribution in [0.4, 0.5) is 0 Å². The number of carbonyl (C=O) groups excluding carboxylic acids is 2. The number of nitrogens with zero attached hydrogens (tertiary/aromatic N) is 1. The van der Waals surface area contributed by atoms with Gasteiger partial charge in [0, 0.05) is 36.6 Å². The van der Waals surface area contributed by atoms with Crippen LogP contribution < -0.4 is 5.32 Å². The first-order valence-electron chi connectivity index (χ1n) is 7.72. The molecular weight excluding hydrogens is 340 g/mol. The SMILES string of the molecule is CN(C)C(=O)c1cccc(CNC(=O)c2cc3cc(Cl)ccc3o2)c1. The summed E-state index contributed by atoms with van der Waals surface area (Å²) in [5, 5.41) is 4.16. The quantitative estimate of drug-likeness (QED) is 0.775. The van der Waals surface area contributed by atoms with Crippen LogP contribution in [0.25, 0.3) is 11.0 Å². The van der Waals surface area contributed by atoms with Crippen molar-refractivity contribution in [1.82, 2.24) is 10.2 Å². The maximum Gasteiger partial charge on any atom is 0.287 e. The highest BCUT2D eigenvalue weighted by Gasteiger charge is 2.13. The van der Waals surface area contributed by atoms with Gasteiger partial charge in [0.2, 0.25) is 0 Å². The molecule has 0 aliphatic carbocycles. The number of rotatable bonds is 4. The van der Waals surface area contributed by atoms with Crippen LogP contribution in [-0.2, 0) is 6.54 Å². The predicted octanol–water partition coefficient (Wildman–Crippen LogP) is 3.72. The van der Waals surface area contributed by atoms with Gasteiger partial charge in [0.05, 0.1) is 0 Å². The van der Waals surface area contributed by atoms with Gasteiger partial charge >= 0.3 is 0 Å². The zero-order valence-corrected chi connectivity index (χ0v) is 14.6. The molecule has 3 aromatic rings. The average Bonchev–Trinajstić information content (AvgIpc) is 3.02. The molecule has 6 heteroatoms. The molecular formula is C19H17ClN2O3. The van der Waals surface area contributed by atoms with Crippen molar-refractivity contribution in [2.45, 2.75) is 6.54 Å². The van der Waals surface area contributed by atoms with Crippen molar-refractivity contribution in [3.63, 3.8) is 0 Å². The minimum Gasteiger partial charge on any atom is -0.451 e. The van der Waals surface area contributed by atoms with Crippen molar-refractivity contribution in [1.29, 1.82) is 0 Å². The second kappa shape index (κ2) is 6.99. The predicted molar refractivity (Wildman–Crippen MR) is 96.9 cm³/mol. The zero-order chi connectivity index (χ0) is 18.0. The summed E-state index contributed by atoms with van der Waals surface area (Å²) in [7, 11) is 3.40. The summed E-state index contributed by atoms with van der Waals surface area (Å²) >= 11 is 5.94. The van der Waals surface area contributed by atoms with E-state index in [1.165, 1.54) is 4.90 Å². The lowest BCUT2D eigenvalue weighted by Gasteiger charge is -2.11. The van der Waals surface area contributed by atoms with Gasteiger partial charge in [-0.1, -0.05) is 23.7 Å². The molecule has 0 saturated heterocycles. The summed E-state index contributed by atoms with van der Waals surface area (Å²) in [6, 6.07) is 14.0. The molecule has 0 fully saturated rings. The Kier molecular flexibility index (Phi) is 4.76. The molecule has 0 spiro atoms. The fourth-order valence-corrected chi connectivity index (χ4v) is 2.65. The van der Waals surface area contributed by atoms with Crippen molar-refractivity contribution in [3.05, 3.63) is 70.4 Å². The molecule has 0 radical (unpaired) electrons. The van der Waals surface area contributed by atoms with E-state index in [0.29, 0.717) is 22.7 Å². The largest absolute Gasteiger partial charge is 0.451 e. The normalized spacial score (nSPS) is 10.7. The molecule has 3 rings (SSSR count). The Balaban J connectivity index is 1.71. The smallest absolute Gasteiger partial charge is 0.287 e. The Morgan fingerprint density at radius 3 is 2.68 bits per heavy atom. The van der Waals surface area contributed by atoms with E-state index in [4.69, 9.17) is 16.0 Å². The third-order valence-corrected chi connectivity index (χ3v) is 3.97. The van der Waals surface area contributed by atoms with Gasteiger partial charge < -0.3 is 14.6 Å². The second-order valence-corrected chi connectivity index (χ2v) is 6.31. The van der Waals surface area contributed by atoms with Gasteiger partial charge in [0.15, 0.2) is 5.76 Å². The van der Waals surface area contributed by atoms with E-state index in [2.05, 4.69) is 5.32 Å². The van der Waals surface area contributed by atoms with Crippen LogP contribution in [0.2, 0.25) is 5.02 Å². The molecule has 1 aromatic heterocycles. The van der Waals surface area contributed by atoms with Crippen LogP contribution in [0.3, 0.4) is 0 Å². The number of fused-ring (bicyclic) bond motifs is 1. The van der Waals surface area contributed by atoms with Gasteiger partial charge in [-0.3, -0.25) is 9.59 Å². The molecule has 0 unspecified atom stereocenters. The number of halogens is 1. The zero-order valence-electron chi connectivity index (χ0n) is 13.9. The Bertz CT molecular complexity index is 947. The molecule has 1 N–H and O–H groups in total. The lowest BCUT2D eigenvalue weighted by atomic mass is 10.1. The van der Waals surface area contributed by atoms with Crippen molar-refractivity contribution in [2.24, 2.45) is 0 Å². The molecule has 0 aliphatic heterocycles. The molecule has 1 heterocycles. The minimum atomic E-state index is -0.323. The van der Waals surface area contributed by atoms with Crippen molar-refractivity contribution in [3.8, 4) is 0 Å². The number of furan rings is 1. The highest BCUT2D eigenvalue weighted by molar-refractivity contribution is 6.31. The van der Waals surface area contributed by atoms with E-state index < -0.39 is 0 Å². The molecule has 0 saturated carbocycles. The minimum absolute atomic E-state index is 0.0812. The van der Waals surface area contributed by atoms with Crippen LogP contribution in [0.1, 0.15) is 26.5 Å². The van der Waals surface area contributed by atoms with Crippen LogP contribution in [-0.4, -0.2) is 30.8 Å². The van der Waals surface area contributed by atoms with Gasteiger partial charge in [-0.15, -0.1) is 0 Å². The fourth-order valence-electron chi connectivity index (χ4n) is 2.47. The maximum absolute atomic E-state index is 12.3. The van der Waals surface area contributed by atoms with Crippen molar-refractivity contribution in [2.75, 3.05) is 14.1 Å². The Morgan fingerprint density at radius 1 is 1.12 bits per heavy atom. The molecule has 0 bridgehead atoms. The van der Waals surface area contributed by atoms with Gasteiger partial charge in [-0.05, 0) is 42.0 Å². The highest BCUT2D eigenvalue weighted by atomic mass is 35.5. The van der Waals surface area contributed by atoms with Gasteiger partial charge in [0.25, 0.3) is 11.8 Å². The van der Waals surface area contributed by atoms with Gasteiger partial charge in [0.1, 0.15) is 5.58 Å². The Morgan fingerprint density at radius 2 is 1.92 bits per heavy atom. The summed E-state index contributed by atoms with van der Waals surface area (Å²) in [5.41, 5.74) is 2.02. The van der Waals surface area contributed by atoms with E-state index in [-0.39, 0.29) is 17.6 Å². The standard InChI is InChI=1S/C19H17ClN2O3/c1-22(2)19(24)13-5-3-4-12(8-13)11-21-18(23)17-10-14-9-15(20)6-7-16(14)25-17/h3-10H,11H2,1-2H3,(H,21,23). The van der Waals surface area contributed by atoms with Crippen LogP contribution in [0.15, 0.2) is 52.9 Å². The summed E-state index contributed by atoms with van der Waals surface area (Å²) in [5.74, 6) is -0.184. The van der Waals surface area contributed by atoms with Crippen molar-refractivity contribution < 1.29 is 14.0 Å². The summed E-state index contributed by atoms with van der Waals surface area (Å²) < 4.78 is 5.54. The third kappa shape index (κ3) is 3.83. The van der Waals surface area contributed by atoms with E-state index >= 15 is 0 Å². The molecule has 128 valence electrons. The number of amides is 2. The fraction of sp³-hybridized carbons (Fsp3) is 0.158. The maximum atomic E-state index is 12.3. The molecule has 2 aromatic carbocycles. The first-order chi connectivity index (χ1) is 11.9. The molecule has 0 aliphatic rings. The van der Waals surface area contributed by atoms with E-state index in [1.807, 2.05) is 6.07 Å². The lowest BCUT2D eigenvalue weighted by Crippen LogP contribution is -2.23. The first kappa shape index (κ1) is 17.0. The number of benzene rings is 2. The molecule has 25 heavy (non-hydrogen) atoms. The molecule has 0 atom stereocenters. The first-order valence-corrected chi connectivity index (χ1v) is 8.10. The second-order valence-electron chi connectivity index (χ2n) is 5.88. The van der Waals surface area contributed by atoms with Crippen LogP contribution >= 0.6 is 11.6 Å². The average molecular weight is 357 g/mol. The number of hydrogen-bond acceptors (Lipinski definition) is 3. The van der Waals surface area contributed by atoms with E-state index in [1.54, 1.807) is 56.6 Å². The van der Waals surface area contributed by atoms with Crippen LogP contribution in [0, 0.1) is 0 Å².